The van der Waals surface area contributed by atoms with Crippen LogP contribution < -0.4 is 9.47 Å². The summed E-state index contributed by atoms with van der Waals surface area (Å²) in [7, 11) is 4.22. The molecule has 1 N–H and O–H groups in total. The van der Waals surface area contributed by atoms with Gasteiger partial charge in [0.15, 0.2) is 11.3 Å². The molecule has 0 aliphatic rings. The number of benzene rings is 1. The van der Waals surface area contributed by atoms with E-state index in [2.05, 4.69) is 0 Å². The normalized spacial score (nSPS) is 10.5. The number of carbonyl (C=O) groups is 1. The van der Waals surface area contributed by atoms with Crippen LogP contribution in [-0.2, 0) is 11.3 Å². The second-order valence-corrected chi connectivity index (χ2v) is 3.76. The van der Waals surface area contributed by atoms with Gasteiger partial charge in [0.2, 0.25) is 5.75 Å². The molecule has 1 heterocycles. The third kappa shape index (κ3) is 2.10. The van der Waals surface area contributed by atoms with Crippen molar-refractivity contribution < 1.29 is 28.5 Å². The van der Waals surface area contributed by atoms with Crippen LogP contribution in [-0.4, -0.2) is 32.4 Å². The van der Waals surface area contributed by atoms with Crippen molar-refractivity contribution in [2.75, 3.05) is 21.3 Å². The Morgan fingerprint density at radius 3 is 2.53 bits per heavy atom. The maximum absolute atomic E-state index is 11.8. The number of aliphatic hydroxyl groups excluding tert-OH is 1. The summed E-state index contributed by atoms with van der Waals surface area (Å²) in [6.45, 7) is -0.277. The Morgan fingerprint density at radius 1 is 1.26 bits per heavy atom. The van der Waals surface area contributed by atoms with E-state index in [1.54, 1.807) is 6.07 Å². The second-order valence-electron chi connectivity index (χ2n) is 3.76. The summed E-state index contributed by atoms with van der Waals surface area (Å²) in [6, 6.07) is 3.09. The van der Waals surface area contributed by atoms with Crippen molar-refractivity contribution in [1.82, 2.24) is 0 Å². The van der Waals surface area contributed by atoms with Crippen molar-refractivity contribution in [3.05, 3.63) is 23.5 Å². The molecule has 0 saturated heterocycles. The van der Waals surface area contributed by atoms with Crippen LogP contribution in [0.5, 0.6) is 11.5 Å². The van der Waals surface area contributed by atoms with Crippen molar-refractivity contribution >= 4 is 16.9 Å². The predicted octanol–water partition coefficient (Wildman–Crippen LogP) is 1.73. The highest BCUT2D eigenvalue weighted by Crippen LogP contribution is 2.39. The van der Waals surface area contributed by atoms with Crippen LogP contribution in [0, 0.1) is 0 Å². The summed E-state index contributed by atoms with van der Waals surface area (Å²) >= 11 is 0. The summed E-state index contributed by atoms with van der Waals surface area (Å²) in [4.78, 5) is 11.8. The van der Waals surface area contributed by atoms with Gasteiger partial charge in [0.05, 0.1) is 26.9 Å². The van der Waals surface area contributed by atoms with E-state index in [9.17, 15) is 4.79 Å². The molecule has 0 radical (unpaired) electrons. The Balaban J connectivity index is 2.81. The summed E-state index contributed by atoms with van der Waals surface area (Å²) in [6.07, 6.45) is 0. The van der Waals surface area contributed by atoms with E-state index in [1.807, 2.05) is 0 Å². The number of hydrogen-bond donors (Lipinski definition) is 1. The standard InChI is InChI=1S/C13H14O6/c1-16-10-5-9(13(15)18-3)8-4-7(6-14)19-11(8)12(10)17-2/h4-5,14H,6H2,1-3H3. The van der Waals surface area contributed by atoms with Crippen LogP contribution in [0.2, 0.25) is 0 Å². The Bertz CT molecular complexity index is 613. The minimum absolute atomic E-state index is 0.277. The lowest BCUT2D eigenvalue weighted by Gasteiger charge is -2.10. The molecule has 0 amide bonds. The van der Waals surface area contributed by atoms with E-state index in [0.717, 1.165) is 0 Å². The fraction of sp³-hybridized carbons (Fsp3) is 0.308. The van der Waals surface area contributed by atoms with Crippen LogP contribution in [0.15, 0.2) is 16.5 Å². The maximum atomic E-state index is 11.8. The van der Waals surface area contributed by atoms with Crippen molar-refractivity contribution in [2.24, 2.45) is 0 Å². The minimum Gasteiger partial charge on any atom is -0.493 e. The number of fused-ring (bicyclic) bond motifs is 1. The van der Waals surface area contributed by atoms with E-state index in [-0.39, 0.29) is 6.61 Å². The van der Waals surface area contributed by atoms with Gasteiger partial charge in [0.25, 0.3) is 0 Å². The third-order valence-corrected chi connectivity index (χ3v) is 2.76. The molecule has 0 aliphatic heterocycles. The highest BCUT2D eigenvalue weighted by molar-refractivity contribution is 6.06. The van der Waals surface area contributed by atoms with Gasteiger partial charge < -0.3 is 23.7 Å². The number of rotatable bonds is 4. The zero-order valence-electron chi connectivity index (χ0n) is 10.9. The molecule has 0 atom stereocenters. The van der Waals surface area contributed by atoms with E-state index < -0.39 is 5.97 Å². The van der Waals surface area contributed by atoms with Gasteiger partial charge >= 0.3 is 5.97 Å². The molecule has 1 aromatic carbocycles. The van der Waals surface area contributed by atoms with Crippen molar-refractivity contribution in [2.45, 2.75) is 6.61 Å². The number of furan rings is 1. The highest BCUT2D eigenvalue weighted by atomic mass is 16.5. The number of hydrogen-bond acceptors (Lipinski definition) is 6. The Morgan fingerprint density at radius 2 is 2.00 bits per heavy atom. The van der Waals surface area contributed by atoms with Crippen LogP contribution >= 0.6 is 0 Å². The van der Waals surface area contributed by atoms with Gasteiger partial charge in [0, 0.05) is 5.39 Å². The molecule has 1 aromatic heterocycles. The van der Waals surface area contributed by atoms with Crippen LogP contribution in [0.3, 0.4) is 0 Å². The SMILES string of the molecule is COC(=O)c1cc(OC)c(OC)c2oc(CO)cc12. The monoisotopic (exact) mass is 266 g/mol. The first-order chi connectivity index (χ1) is 9.15. The number of aliphatic hydroxyl groups is 1. The zero-order valence-corrected chi connectivity index (χ0v) is 10.9. The molecule has 0 bridgehead atoms. The van der Waals surface area contributed by atoms with Crippen molar-refractivity contribution in [3.8, 4) is 11.5 Å². The molecule has 19 heavy (non-hydrogen) atoms. The highest BCUT2D eigenvalue weighted by Gasteiger charge is 2.22. The third-order valence-electron chi connectivity index (χ3n) is 2.76. The lowest BCUT2D eigenvalue weighted by atomic mass is 10.1. The minimum atomic E-state index is -0.517. The first-order valence-electron chi connectivity index (χ1n) is 5.52. The molecule has 6 heteroatoms. The molecule has 0 fully saturated rings. The van der Waals surface area contributed by atoms with E-state index in [0.29, 0.717) is 33.8 Å². The molecule has 0 unspecified atom stereocenters. The lowest BCUT2D eigenvalue weighted by Crippen LogP contribution is -2.03. The smallest absolute Gasteiger partial charge is 0.338 e. The molecule has 0 spiro atoms. The molecule has 102 valence electrons. The lowest BCUT2D eigenvalue weighted by molar-refractivity contribution is 0.0602. The average molecular weight is 266 g/mol. The fourth-order valence-electron chi connectivity index (χ4n) is 1.90. The fourth-order valence-corrected chi connectivity index (χ4v) is 1.90. The van der Waals surface area contributed by atoms with Gasteiger partial charge in [-0.25, -0.2) is 4.79 Å². The first-order valence-corrected chi connectivity index (χ1v) is 5.52. The zero-order chi connectivity index (χ0) is 14.0. The maximum Gasteiger partial charge on any atom is 0.338 e. The topological polar surface area (TPSA) is 78.1 Å². The first kappa shape index (κ1) is 13.2. The number of carbonyl (C=O) groups excluding carboxylic acids is 1. The summed E-state index contributed by atoms with van der Waals surface area (Å²) in [5, 5.41) is 9.64. The van der Waals surface area contributed by atoms with Gasteiger partial charge in [-0.15, -0.1) is 0 Å². The number of methoxy groups -OCH3 is 3. The van der Waals surface area contributed by atoms with Crippen molar-refractivity contribution in [3.63, 3.8) is 0 Å². The molecule has 2 aromatic rings. The van der Waals surface area contributed by atoms with Gasteiger partial charge in [-0.3, -0.25) is 0 Å². The summed E-state index contributed by atoms with van der Waals surface area (Å²) in [5.74, 6) is 0.530. The Labute approximate surface area is 109 Å². The van der Waals surface area contributed by atoms with E-state index in [4.69, 9.17) is 23.7 Å². The Kier molecular flexibility index (Phi) is 3.62. The van der Waals surface area contributed by atoms with Gasteiger partial charge in [-0.2, -0.15) is 0 Å². The van der Waals surface area contributed by atoms with E-state index in [1.165, 1.54) is 27.4 Å². The number of esters is 1. The molecular formula is C13H14O6. The van der Waals surface area contributed by atoms with Crippen LogP contribution in [0.1, 0.15) is 16.1 Å². The van der Waals surface area contributed by atoms with Gasteiger partial charge in [-0.1, -0.05) is 0 Å². The largest absolute Gasteiger partial charge is 0.493 e. The van der Waals surface area contributed by atoms with Gasteiger partial charge in [0.1, 0.15) is 12.4 Å². The average Bonchev–Trinajstić information content (AvgIpc) is 2.88. The quantitative estimate of drug-likeness (QED) is 0.849. The molecule has 0 saturated carbocycles. The van der Waals surface area contributed by atoms with Crippen LogP contribution in [0.25, 0.3) is 11.0 Å². The molecule has 6 nitrogen and oxygen atoms in total. The summed E-state index contributed by atoms with van der Waals surface area (Å²) < 4.78 is 20.6. The molecule has 2 rings (SSSR count). The Hall–Kier alpha value is -2.21. The summed E-state index contributed by atoms with van der Waals surface area (Å²) in [5.41, 5.74) is 0.630. The van der Waals surface area contributed by atoms with Crippen molar-refractivity contribution in [1.29, 1.82) is 0 Å². The second kappa shape index (κ2) is 5.19. The number of ether oxygens (including phenoxy) is 3. The molecular weight excluding hydrogens is 252 g/mol. The van der Waals surface area contributed by atoms with Crippen LogP contribution in [0.4, 0.5) is 0 Å². The van der Waals surface area contributed by atoms with Gasteiger partial charge in [-0.05, 0) is 12.1 Å². The molecule has 0 aliphatic carbocycles. The predicted molar refractivity (Wildman–Crippen MR) is 66.6 cm³/mol. The van der Waals surface area contributed by atoms with E-state index >= 15 is 0 Å².